The molecule has 0 spiro atoms. The van der Waals surface area contributed by atoms with E-state index in [1.807, 2.05) is 0 Å². The van der Waals surface area contributed by atoms with E-state index in [1.165, 1.54) is 4.90 Å². The molecule has 2 aliphatic rings. The molecule has 0 unspecified atom stereocenters. The molecule has 1 aromatic carbocycles. The smallest absolute Gasteiger partial charge is 0.731 e. The van der Waals surface area contributed by atoms with Gasteiger partial charge >= 0.3 is 35.6 Å². The van der Waals surface area contributed by atoms with Crippen LogP contribution >= 0.6 is 0 Å². The van der Waals surface area contributed by atoms with E-state index < -0.39 is 34.3 Å². The Morgan fingerprint density at radius 3 is 2.48 bits per heavy atom. The Morgan fingerprint density at radius 1 is 1.30 bits per heavy atom. The van der Waals surface area contributed by atoms with Crippen molar-refractivity contribution >= 4 is 33.6 Å². The zero-order valence-electron chi connectivity index (χ0n) is 12.3. The van der Waals surface area contributed by atoms with Crippen LogP contribution in [0.5, 0.6) is 0 Å². The third-order valence-electron chi connectivity index (χ3n) is 3.80. The van der Waals surface area contributed by atoms with Gasteiger partial charge in [0.05, 0.1) is 6.04 Å². The molecular formula is C12H13N4NaO5S. The molecule has 0 radical (unpaired) electrons. The molecule has 2 aliphatic heterocycles. The molecule has 3 N–H and O–H groups in total. The molecule has 23 heavy (non-hydrogen) atoms. The van der Waals surface area contributed by atoms with E-state index in [1.54, 1.807) is 24.3 Å². The zero-order chi connectivity index (χ0) is 16.1. The molecule has 9 nitrogen and oxygen atoms in total. The van der Waals surface area contributed by atoms with Gasteiger partial charge in [0.2, 0.25) is 0 Å². The van der Waals surface area contributed by atoms with Gasteiger partial charge in [0, 0.05) is 17.9 Å². The minimum atomic E-state index is -4.82. The zero-order valence-corrected chi connectivity index (χ0v) is 15.1. The second-order valence-electron chi connectivity index (χ2n) is 5.14. The van der Waals surface area contributed by atoms with Crippen LogP contribution in [-0.2, 0) is 15.1 Å². The van der Waals surface area contributed by atoms with Crippen molar-refractivity contribution in [3.63, 3.8) is 0 Å². The van der Waals surface area contributed by atoms with Gasteiger partial charge in [-0.15, -0.1) is 0 Å². The first kappa shape index (κ1) is 18.0. The van der Waals surface area contributed by atoms with Gasteiger partial charge < -0.3 is 20.5 Å². The van der Waals surface area contributed by atoms with Crippen molar-refractivity contribution in [2.24, 2.45) is 0 Å². The molecule has 118 valence electrons. The van der Waals surface area contributed by atoms with Crippen LogP contribution in [0.25, 0.3) is 0 Å². The minimum absolute atomic E-state index is 0. The topological polar surface area (TPSA) is 136 Å². The molecule has 2 fully saturated rings. The van der Waals surface area contributed by atoms with Gasteiger partial charge in [0.25, 0.3) is 5.91 Å². The van der Waals surface area contributed by atoms with Crippen molar-refractivity contribution in [1.29, 1.82) is 0 Å². The van der Waals surface area contributed by atoms with Gasteiger partial charge in [-0.3, -0.25) is 4.79 Å². The van der Waals surface area contributed by atoms with Crippen LogP contribution in [0.15, 0.2) is 24.3 Å². The number of hydrogen-bond acceptors (Lipinski definition) is 6. The fraction of sp³-hybridized carbons (Fsp3) is 0.333. The van der Waals surface area contributed by atoms with E-state index in [2.05, 4.69) is 5.32 Å². The Kier molecular flexibility index (Phi) is 4.92. The molecular weight excluding hydrogens is 335 g/mol. The number of anilines is 2. The summed E-state index contributed by atoms with van der Waals surface area (Å²) in [5.41, 5.74) is 6.59. The molecule has 0 aliphatic carbocycles. The molecule has 0 saturated carbocycles. The fourth-order valence-corrected chi connectivity index (χ4v) is 3.68. The molecule has 1 aromatic rings. The van der Waals surface area contributed by atoms with Gasteiger partial charge in [-0.05, 0) is 30.7 Å². The van der Waals surface area contributed by atoms with Crippen molar-refractivity contribution in [3.8, 4) is 0 Å². The number of rotatable bonds is 2. The first-order valence-corrected chi connectivity index (χ1v) is 7.88. The summed E-state index contributed by atoms with van der Waals surface area (Å²) in [4.78, 5) is 25.2. The van der Waals surface area contributed by atoms with E-state index in [9.17, 15) is 22.6 Å². The Balaban J connectivity index is 0.00000192. The second-order valence-corrected chi connectivity index (χ2v) is 6.39. The van der Waals surface area contributed by atoms with Gasteiger partial charge in [-0.1, -0.05) is 0 Å². The van der Waals surface area contributed by atoms with Crippen LogP contribution in [0.4, 0.5) is 16.2 Å². The number of carbonyl (C=O) groups is 2. The number of benzene rings is 1. The summed E-state index contributed by atoms with van der Waals surface area (Å²) in [6.07, 6.45) is 0.257. The van der Waals surface area contributed by atoms with E-state index in [0.29, 0.717) is 15.7 Å². The largest absolute Gasteiger partial charge is 1.00 e. The number of urea groups is 1. The maximum atomic E-state index is 12.2. The predicted octanol–water partition coefficient (Wildman–Crippen LogP) is -3.45. The second kappa shape index (κ2) is 6.29. The maximum Gasteiger partial charge on any atom is 1.00 e. The Labute approximate surface area is 155 Å². The number of carbonyl (C=O) groups excluding carboxylic acids is 2. The summed E-state index contributed by atoms with van der Waals surface area (Å²) in [5.74, 6) is -0.857. The number of amides is 3. The van der Waals surface area contributed by atoms with Gasteiger partial charge in [0.1, 0.15) is 6.04 Å². The van der Waals surface area contributed by atoms with Crippen molar-refractivity contribution in [1.82, 2.24) is 9.21 Å². The van der Waals surface area contributed by atoms with Gasteiger partial charge in [-0.25, -0.2) is 17.5 Å². The summed E-state index contributed by atoms with van der Waals surface area (Å²) in [6.45, 7) is 0.202. The minimum Gasteiger partial charge on any atom is -0.731 e. The SMILES string of the molecule is Nc1ccc(NC(=O)N2CC[C@@H]3[C@H]2C(=O)N3S(=O)(=O)[O-])cc1.[Na+]. The summed E-state index contributed by atoms with van der Waals surface area (Å²) in [6, 6.07) is 4.28. The fourth-order valence-electron chi connectivity index (χ4n) is 2.80. The maximum absolute atomic E-state index is 12.2. The predicted molar refractivity (Wildman–Crippen MR) is 75.3 cm³/mol. The number of nitrogen functional groups attached to an aromatic ring is 1. The molecule has 3 amide bonds. The molecule has 0 bridgehead atoms. The first-order valence-electron chi connectivity index (χ1n) is 6.51. The van der Waals surface area contributed by atoms with Crippen molar-refractivity contribution < 1.29 is 52.1 Å². The Bertz CT molecular complexity index is 738. The van der Waals surface area contributed by atoms with Crippen LogP contribution in [0, 0.1) is 0 Å². The number of likely N-dealkylation sites (tertiary alicyclic amines) is 1. The molecule has 11 heteroatoms. The molecule has 0 aromatic heterocycles. The normalized spacial score (nSPS) is 22.9. The van der Waals surface area contributed by atoms with Crippen molar-refractivity contribution in [2.45, 2.75) is 18.5 Å². The summed E-state index contributed by atoms with van der Waals surface area (Å²) in [5, 5.41) is 2.60. The average molecular weight is 348 g/mol. The number of β-lactam (4-membered cyclic amide) rings is 1. The summed E-state index contributed by atoms with van der Waals surface area (Å²) < 4.78 is 33.3. The number of nitrogens with zero attached hydrogens (tertiary/aromatic N) is 2. The summed E-state index contributed by atoms with van der Waals surface area (Å²) in [7, 11) is -4.82. The van der Waals surface area contributed by atoms with Crippen molar-refractivity contribution in [2.75, 3.05) is 17.6 Å². The van der Waals surface area contributed by atoms with Crippen LogP contribution < -0.4 is 40.6 Å². The standard InChI is InChI=1S/C12H14N4O5S.Na/c13-7-1-3-8(4-2-7)14-12(18)15-6-5-9-10(15)11(17)16(9)22(19,20)21;/h1-4,9-10H,5-6,13H2,(H,14,18)(H,19,20,21);/q;+1/p-1/t9-,10+;/m1./s1. The Morgan fingerprint density at radius 2 is 1.91 bits per heavy atom. The third kappa shape index (κ3) is 3.17. The summed E-state index contributed by atoms with van der Waals surface area (Å²) >= 11 is 0. The van der Waals surface area contributed by atoms with Crippen LogP contribution in [0.3, 0.4) is 0 Å². The monoisotopic (exact) mass is 348 g/mol. The van der Waals surface area contributed by atoms with Crippen LogP contribution in [-0.4, -0.2) is 52.7 Å². The van der Waals surface area contributed by atoms with Gasteiger partial charge in [0.15, 0.2) is 10.3 Å². The Hall–Kier alpha value is -1.33. The first-order chi connectivity index (χ1) is 10.3. The number of nitrogens with one attached hydrogen (secondary N) is 1. The van der Waals surface area contributed by atoms with E-state index in [4.69, 9.17) is 5.73 Å². The van der Waals surface area contributed by atoms with E-state index >= 15 is 0 Å². The molecule has 2 atom stereocenters. The molecule has 3 rings (SSSR count). The average Bonchev–Trinajstić information content (AvgIpc) is 2.78. The molecule has 2 heterocycles. The number of fused-ring (bicyclic) bond motifs is 1. The molecule has 2 saturated heterocycles. The van der Waals surface area contributed by atoms with E-state index in [0.717, 1.165) is 0 Å². The third-order valence-corrected chi connectivity index (χ3v) is 4.73. The van der Waals surface area contributed by atoms with E-state index in [-0.39, 0.29) is 42.5 Å². The van der Waals surface area contributed by atoms with Gasteiger partial charge in [-0.2, -0.15) is 0 Å². The van der Waals surface area contributed by atoms with Crippen LogP contribution in [0.1, 0.15) is 6.42 Å². The van der Waals surface area contributed by atoms with Crippen molar-refractivity contribution in [3.05, 3.63) is 24.3 Å². The quantitative estimate of drug-likeness (QED) is 0.247. The van der Waals surface area contributed by atoms with Crippen LogP contribution in [0.2, 0.25) is 0 Å². The number of nitrogens with two attached hydrogens (primary N) is 1. The number of hydrogen-bond donors (Lipinski definition) is 2.